The first-order chi connectivity index (χ1) is 3.79. The molecule has 3 heteroatoms. The Morgan fingerprint density at radius 2 is 2.62 bits per heavy atom. The van der Waals surface area contributed by atoms with Crippen molar-refractivity contribution in [3.05, 3.63) is 12.2 Å². The Labute approximate surface area is 53.2 Å². The van der Waals surface area contributed by atoms with Crippen molar-refractivity contribution in [1.82, 2.24) is 5.43 Å². The van der Waals surface area contributed by atoms with Crippen LogP contribution in [0.25, 0.3) is 0 Å². The Kier molecular flexibility index (Phi) is 1.53. The van der Waals surface area contributed by atoms with Gasteiger partial charge in [0, 0.05) is 0 Å². The summed E-state index contributed by atoms with van der Waals surface area (Å²) in [6, 6.07) is 0. The van der Waals surface area contributed by atoms with Gasteiger partial charge in [0.25, 0.3) is 0 Å². The van der Waals surface area contributed by atoms with Crippen molar-refractivity contribution in [3.8, 4) is 0 Å². The monoisotopic (exact) mass is 130 g/mol. The molecule has 0 aromatic heterocycles. The van der Waals surface area contributed by atoms with Crippen molar-refractivity contribution >= 4 is 17.3 Å². The van der Waals surface area contributed by atoms with E-state index in [9.17, 15) is 0 Å². The molecule has 0 amide bonds. The summed E-state index contributed by atoms with van der Waals surface area (Å²) >= 11 is 5.58. The van der Waals surface area contributed by atoms with Crippen LogP contribution >= 0.6 is 11.6 Å². The number of alkyl halides is 1. The fourth-order valence-corrected chi connectivity index (χ4v) is 0.589. The van der Waals surface area contributed by atoms with E-state index >= 15 is 0 Å². The summed E-state index contributed by atoms with van der Waals surface area (Å²) in [5, 5.41) is 3.86. The molecule has 0 aromatic carbocycles. The van der Waals surface area contributed by atoms with Crippen LogP contribution in [0.3, 0.4) is 0 Å². The van der Waals surface area contributed by atoms with E-state index in [1.807, 2.05) is 19.1 Å². The van der Waals surface area contributed by atoms with Gasteiger partial charge in [-0.3, -0.25) is 5.43 Å². The van der Waals surface area contributed by atoms with Crippen molar-refractivity contribution in [1.29, 1.82) is 0 Å². The van der Waals surface area contributed by atoms with Gasteiger partial charge in [0.05, 0.1) is 5.71 Å². The van der Waals surface area contributed by atoms with Crippen LogP contribution in [0.15, 0.2) is 17.3 Å². The zero-order valence-electron chi connectivity index (χ0n) is 4.56. The van der Waals surface area contributed by atoms with Gasteiger partial charge in [0.2, 0.25) is 0 Å². The van der Waals surface area contributed by atoms with Crippen molar-refractivity contribution in [2.45, 2.75) is 12.4 Å². The van der Waals surface area contributed by atoms with Gasteiger partial charge in [-0.25, -0.2) is 0 Å². The third kappa shape index (κ3) is 1.23. The lowest BCUT2D eigenvalue weighted by molar-refractivity contribution is 0.765. The number of nitrogens with one attached hydrogen (secondary N) is 1. The summed E-state index contributed by atoms with van der Waals surface area (Å²) in [7, 11) is 0. The highest BCUT2D eigenvalue weighted by Crippen LogP contribution is 1.98. The molecule has 1 aliphatic heterocycles. The van der Waals surface area contributed by atoms with Gasteiger partial charge in [-0.05, 0) is 19.1 Å². The van der Waals surface area contributed by atoms with E-state index in [-0.39, 0.29) is 5.50 Å². The lowest BCUT2D eigenvalue weighted by Gasteiger charge is -2.07. The quantitative estimate of drug-likeness (QED) is 0.385. The van der Waals surface area contributed by atoms with E-state index in [1.165, 1.54) is 0 Å². The van der Waals surface area contributed by atoms with E-state index < -0.39 is 0 Å². The minimum atomic E-state index is -0.126. The molecular weight excluding hydrogens is 124 g/mol. The van der Waals surface area contributed by atoms with Gasteiger partial charge >= 0.3 is 0 Å². The van der Waals surface area contributed by atoms with Crippen LogP contribution in [0.2, 0.25) is 0 Å². The fraction of sp³-hybridized carbons (Fsp3) is 0.400. The summed E-state index contributed by atoms with van der Waals surface area (Å²) < 4.78 is 0. The van der Waals surface area contributed by atoms with E-state index in [4.69, 9.17) is 11.6 Å². The molecule has 0 saturated heterocycles. The van der Waals surface area contributed by atoms with Crippen molar-refractivity contribution < 1.29 is 0 Å². The highest BCUT2D eigenvalue weighted by molar-refractivity contribution is 6.22. The van der Waals surface area contributed by atoms with Crippen molar-refractivity contribution in [2.24, 2.45) is 5.10 Å². The zero-order chi connectivity index (χ0) is 5.98. The second kappa shape index (κ2) is 2.18. The Morgan fingerprint density at radius 3 is 3.00 bits per heavy atom. The molecule has 1 heterocycles. The summed E-state index contributed by atoms with van der Waals surface area (Å²) in [6.45, 7) is 1.91. The molecule has 0 radical (unpaired) electrons. The predicted molar refractivity (Wildman–Crippen MR) is 35.0 cm³/mol. The second-order valence-corrected chi connectivity index (χ2v) is 2.11. The summed E-state index contributed by atoms with van der Waals surface area (Å²) in [5.41, 5.74) is 3.53. The van der Waals surface area contributed by atoms with E-state index in [1.54, 1.807) is 0 Å². The van der Waals surface area contributed by atoms with Crippen molar-refractivity contribution in [2.75, 3.05) is 0 Å². The molecule has 1 unspecified atom stereocenters. The van der Waals surface area contributed by atoms with Gasteiger partial charge in [-0.15, -0.1) is 0 Å². The zero-order valence-corrected chi connectivity index (χ0v) is 5.31. The summed E-state index contributed by atoms with van der Waals surface area (Å²) in [5.74, 6) is 0. The first-order valence-corrected chi connectivity index (χ1v) is 2.85. The molecule has 0 fully saturated rings. The van der Waals surface area contributed by atoms with Gasteiger partial charge in [-0.1, -0.05) is 11.6 Å². The molecule has 0 aliphatic carbocycles. The lowest BCUT2D eigenvalue weighted by Crippen LogP contribution is -2.20. The molecule has 0 bridgehead atoms. The third-order valence-electron chi connectivity index (χ3n) is 0.871. The summed E-state index contributed by atoms with van der Waals surface area (Å²) in [6.07, 6.45) is 3.73. The molecular formula is C5H7ClN2. The highest BCUT2D eigenvalue weighted by atomic mass is 35.5. The summed E-state index contributed by atoms with van der Waals surface area (Å²) in [4.78, 5) is 0. The van der Waals surface area contributed by atoms with Crippen LogP contribution in [-0.2, 0) is 0 Å². The molecule has 0 saturated carbocycles. The van der Waals surface area contributed by atoms with Crippen LogP contribution < -0.4 is 5.43 Å². The van der Waals surface area contributed by atoms with E-state index in [0.29, 0.717) is 0 Å². The smallest absolute Gasteiger partial charge is 0.136 e. The lowest BCUT2D eigenvalue weighted by atomic mass is 10.3. The first-order valence-electron chi connectivity index (χ1n) is 2.41. The Morgan fingerprint density at radius 1 is 1.88 bits per heavy atom. The molecule has 8 heavy (non-hydrogen) atoms. The molecule has 0 spiro atoms. The fourth-order valence-electron chi connectivity index (χ4n) is 0.468. The van der Waals surface area contributed by atoms with Crippen molar-refractivity contribution in [3.63, 3.8) is 0 Å². The maximum absolute atomic E-state index is 5.58. The van der Waals surface area contributed by atoms with Gasteiger partial charge in [-0.2, -0.15) is 5.10 Å². The van der Waals surface area contributed by atoms with Gasteiger partial charge < -0.3 is 0 Å². The molecule has 44 valence electrons. The molecule has 1 rings (SSSR count). The second-order valence-electron chi connectivity index (χ2n) is 1.64. The van der Waals surface area contributed by atoms with Gasteiger partial charge in [0.1, 0.15) is 5.50 Å². The molecule has 1 N–H and O–H groups in total. The third-order valence-corrected chi connectivity index (χ3v) is 1.11. The number of rotatable bonds is 0. The number of hydrogen-bond donors (Lipinski definition) is 1. The van der Waals surface area contributed by atoms with Crippen LogP contribution in [-0.4, -0.2) is 11.2 Å². The average Bonchev–Trinajstić information content (AvgIpc) is 1.77. The predicted octanol–water partition coefficient (Wildman–Crippen LogP) is 1.09. The van der Waals surface area contributed by atoms with Crippen LogP contribution in [0.5, 0.6) is 0 Å². The SMILES string of the molecule is CC1=NNC(Cl)C=C1. The topological polar surface area (TPSA) is 24.4 Å². The van der Waals surface area contributed by atoms with E-state index in [2.05, 4.69) is 10.5 Å². The minimum absolute atomic E-state index is 0.126. The molecule has 0 aromatic rings. The van der Waals surface area contributed by atoms with Crippen LogP contribution in [0, 0.1) is 0 Å². The van der Waals surface area contributed by atoms with Gasteiger partial charge in [0.15, 0.2) is 0 Å². The number of halogens is 1. The number of allylic oxidation sites excluding steroid dienone is 1. The maximum atomic E-state index is 5.58. The molecule has 1 atom stereocenters. The Balaban J connectivity index is 2.58. The maximum Gasteiger partial charge on any atom is 0.136 e. The number of hydrogen-bond acceptors (Lipinski definition) is 2. The number of hydrazone groups is 1. The standard InChI is InChI=1S/C5H7ClN2/c1-4-2-3-5(6)8-7-4/h2-3,5,8H,1H3. The van der Waals surface area contributed by atoms with E-state index in [0.717, 1.165) is 5.71 Å². The minimum Gasteiger partial charge on any atom is -0.288 e. The largest absolute Gasteiger partial charge is 0.288 e. The number of nitrogens with zero attached hydrogens (tertiary/aromatic N) is 1. The highest BCUT2D eigenvalue weighted by Gasteiger charge is 1.99. The molecule has 1 aliphatic rings. The van der Waals surface area contributed by atoms with Crippen LogP contribution in [0.4, 0.5) is 0 Å². The average molecular weight is 131 g/mol. The first kappa shape index (κ1) is 5.63. The Bertz CT molecular complexity index is 139. The normalized spacial score (nSPS) is 26.8. The molecule has 2 nitrogen and oxygen atoms in total. The Hall–Kier alpha value is -0.500. The van der Waals surface area contributed by atoms with Crippen LogP contribution in [0.1, 0.15) is 6.92 Å².